The Labute approximate surface area is 167 Å². The molecular formula is C22H29N5O. The van der Waals surface area contributed by atoms with E-state index in [0.717, 1.165) is 56.2 Å². The summed E-state index contributed by atoms with van der Waals surface area (Å²) >= 11 is 0. The molecule has 2 aliphatic rings. The Morgan fingerprint density at radius 1 is 1.00 bits per heavy atom. The van der Waals surface area contributed by atoms with Gasteiger partial charge in [-0.25, -0.2) is 9.97 Å². The molecule has 2 fully saturated rings. The second-order valence-corrected chi connectivity index (χ2v) is 7.90. The molecule has 1 N–H and O–H groups in total. The molecule has 0 spiro atoms. The number of anilines is 2. The molecule has 6 nitrogen and oxygen atoms in total. The summed E-state index contributed by atoms with van der Waals surface area (Å²) in [4.78, 5) is 26.2. The van der Waals surface area contributed by atoms with Crippen molar-refractivity contribution in [3.8, 4) is 0 Å². The summed E-state index contributed by atoms with van der Waals surface area (Å²) in [6, 6.07) is 8.31. The van der Waals surface area contributed by atoms with Crippen molar-refractivity contribution in [2.45, 2.75) is 39.2 Å². The van der Waals surface area contributed by atoms with Crippen LogP contribution in [0.3, 0.4) is 0 Å². The molecule has 148 valence electrons. The van der Waals surface area contributed by atoms with Gasteiger partial charge in [0.25, 0.3) is 0 Å². The number of carbonyl (C=O) groups is 1. The van der Waals surface area contributed by atoms with Gasteiger partial charge in [-0.15, -0.1) is 0 Å². The Morgan fingerprint density at radius 3 is 2.29 bits per heavy atom. The van der Waals surface area contributed by atoms with Gasteiger partial charge >= 0.3 is 0 Å². The Morgan fingerprint density at radius 2 is 1.64 bits per heavy atom. The first-order valence-electron chi connectivity index (χ1n) is 10.3. The van der Waals surface area contributed by atoms with Crippen LogP contribution in [0, 0.1) is 12.8 Å². The highest BCUT2D eigenvalue weighted by Gasteiger charge is 2.25. The zero-order valence-electron chi connectivity index (χ0n) is 16.6. The molecular weight excluding hydrogens is 350 g/mol. The number of hydrogen-bond donors (Lipinski definition) is 1. The van der Waals surface area contributed by atoms with Crippen molar-refractivity contribution in [3.63, 3.8) is 0 Å². The molecule has 2 aliphatic heterocycles. The maximum Gasteiger partial charge on any atom is 0.225 e. The summed E-state index contributed by atoms with van der Waals surface area (Å²) in [5, 5.41) is 3.09. The topological polar surface area (TPSA) is 61.4 Å². The molecule has 1 aromatic carbocycles. The standard InChI is InChI=1S/C22H29N5O/c1-17-4-6-18(7-5-17)14-23-21(28)19-8-12-26(13-9-19)20-15-24-22(25-16-20)27-10-2-3-11-27/h4-7,15-16,19H,2-3,8-14H2,1H3,(H,23,28). The summed E-state index contributed by atoms with van der Waals surface area (Å²) in [6.45, 7) is 6.53. The van der Waals surface area contributed by atoms with Crippen LogP contribution in [-0.4, -0.2) is 42.1 Å². The van der Waals surface area contributed by atoms with Crippen molar-refractivity contribution in [2.75, 3.05) is 36.0 Å². The Kier molecular flexibility index (Phi) is 5.74. The average molecular weight is 380 g/mol. The van der Waals surface area contributed by atoms with Gasteiger partial charge in [-0.2, -0.15) is 0 Å². The summed E-state index contributed by atoms with van der Waals surface area (Å²) in [6.07, 6.45) is 8.05. The van der Waals surface area contributed by atoms with E-state index in [1.807, 2.05) is 12.4 Å². The van der Waals surface area contributed by atoms with Crippen LogP contribution in [0.2, 0.25) is 0 Å². The lowest BCUT2D eigenvalue weighted by Gasteiger charge is -2.32. The first-order chi connectivity index (χ1) is 13.7. The number of aromatic nitrogens is 2. The van der Waals surface area contributed by atoms with Crippen molar-refractivity contribution in [1.29, 1.82) is 0 Å². The molecule has 0 aliphatic carbocycles. The Hall–Kier alpha value is -2.63. The second-order valence-electron chi connectivity index (χ2n) is 7.90. The minimum absolute atomic E-state index is 0.0893. The lowest BCUT2D eigenvalue weighted by Crippen LogP contribution is -2.40. The third-order valence-corrected chi connectivity index (χ3v) is 5.83. The smallest absolute Gasteiger partial charge is 0.225 e. The monoisotopic (exact) mass is 379 g/mol. The highest BCUT2D eigenvalue weighted by atomic mass is 16.1. The molecule has 0 unspecified atom stereocenters. The molecule has 28 heavy (non-hydrogen) atoms. The average Bonchev–Trinajstić information content (AvgIpc) is 3.28. The van der Waals surface area contributed by atoms with Gasteiger partial charge in [0.2, 0.25) is 11.9 Å². The van der Waals surface area contributed by atoms with Crippen LogP contribution in [0.25, 0.3) is 0 Å². The fraction of sp³-hybridized carbons (Fsp3) is 0.500. The predicted octanol–water partition coefficient (Wildman–Crippen LogP) is 2.92. The van der Waals surface area contributed by atoms with Crippen molar-refractivity contribution in [2.24, 2.45) is 5.92 Å². The SMILES string of the molecule is Cc1ccc(CNC(=O)C2CCN(c3cnc(N4CCCC4)nc3)CC2)cc1. The minimum Gasteiger partial charge on any atom is -0.369 e. The predicted molar refractivity (Wildman–Crippen MR) is 111 cm³/mol. The zero-order chi connectivity index (χ0) is 19.3. The lowest BCUT2D eigenvalue weighted by atomic mass is 9.95. The number of amides is 1. The van der Waals surface area contributed by atoms with Crippen LogP contribution >= 0.6 is 0 Å². The fourth-order valence-electron chi connectivity index (χ4n) is 4.00. The van der Waals surface area contributed by atoms with Crippen LogP contribution < -0.4 is 15.1 Å². The molecule has 0 bridgehead atoms. The number of rotatable bonds is 5. The molecule has 0 atom stereocenters. The second kappa shape index (κ2) is 8.59. The first-order valence-corrected chi connectivity index (χ1v) is 10.3. The van der Waals surface area contributed by atoms with Crippen molar-refractivity contribution < 1.29 is 4.79 Å². The van der Waals surface area contributed by atoms with Gasteiger partial charge in [0.05, 0.1) is 18.1 Å². The van der Waals surface area contributed by atoms with Gasteiger partial charge in [-0.05, 0) is 38.2 Å². The number of piperidine rings is 1. The fourth-order valence-corrected chi connectivity index (χ4v) is 4.00. The molecule has 1 amide bonds. The van der Waals surface area contributed by atoms with Crippen molar-refractivity contribution in [3.05, 3.63) is 47.8 Å². The van der Waals surface area contributed by atoms with Gasteiger partial charge in [-0.3, -0.25) is 4.79 Å². The third-order valence-electron chi connectivity index (χ3n) is 5.83. The Bertz CT molecular complexity index is 776. The Balaban J connectivity index is 1.25. The zero-order valence-corrected chi connectivity index (χ0v) is 16.6. The van der Waals surface area contributed by atoms with Crippen LogP contribution in [-0.2, 0) is 11.3 Å². The quantitative estimate of drug-likeness (QED) is 0.866. The number of nitrogens with one attached hydrogen (secondary N) is 1. The van der Waals surface area contributed by atoms with Gasteiger partial charge in [0.15, 0.2) is 0 Å². The highest BCUT2D eigenvalue weighted by molar-refractivity contribution is 5.79. The van der Waals surface area contributed by atoms with Crippen molar-refractivity contribution >= 4 is 17.5 Å². The van der Waals surface area contributed by atoms with Gasteiger partial charge in [-0.1, -0.05) is 29.8 Å². The van der Waals surface area contributed by atoms with Crippen LogP contribution in [0.1, 0.15) is 36.8 Å². The molecule has 1 aromatic heterocycles. The summed E-state index contributed by atoms with van der Waals surface area (Å²) in [7, 11) is 0. The molecule has 4 rings (SSSR count). The largest absolute Gasteiger partial charge is 0.369 e. The normalized spacial score (nSPS) is 17.8. The number of benzene rings is 1. The molecule has 2 saturated heterocycles. The lowest BCUT2D eigenvalue weighted by molar-refractivity contribution is -0.125. The van der Waals surface area contributed by atoms with Gasteiger partial charge in [0.1, 0.15) is 0 Å². The van der Waals surface area contributed by atoms with E-state index in [9.17, 15) is 4.79 Å². The molecule has 3 heterocycles. The maximum atomic E-state index is 12.5. The van der Waals surface area contributed by atoms with E-state index < -0.39 is 0 Å². The van der Waals surface area contributed by atoms with E-state index in [-0.39, 0.29) is 11.8 Å². The van der Waals surface area contributed by atoms with Crippen LogP contribution in [0.15, 0.2) is 36.7 Å². The number of nitrogens with zero attached hydrogens (tertiary/aromatic N) is 4. The van der Waals surface area contributed by atoms with E-state index in [1.54, 1.807) is 0 Å². The van der Waals surface area contributed by atoms with Crippen LogP contribution in [0.4, 0.5) is 11.6 Å². The number of hydrogen-bond acceptors (Lipinski definition) is 5. The summed E-state index contributed by atoms with van der Waals surface area (Å²) < 4.78 is 0. The molecule has 0 saturated carbocycles. The van der Waals surface area contributed by atoms with Gasteiger partial charge in [0, 0.05) is 38.6 Å². The van der Waals surface area contributed by atoms with E-state index in [0.29, 0.717) is 6.54 Å². The summed E-state index contributed by atoms with van der Waals surface area (Å²) in [5.74, 6) is 1.10. The minimum atomic E-state index is 0.0893. The third kappa shape index (κ3) is 4.43. The maximum absolute atomic E-state index is 12.5. The van der Waals surface area contributed by atoms with E-state index in [4.69, 9.17) is 0 Å². The highest BCUT2D eigenvalue weighted by Crippen LogP contribution is 2.24. The van der Waals surface area contributed by atoms with E-state index >= 15 is 0 Å². The molecule has 6 heteroatoms. The number of aryl methyl sites for hydroxylation is 1. The van der Waals surface area contributed by atoms with E-state index in [1.165, 1.54) is 18.4 Å². The van der Waals surface area contributed by atoms with Crippen LogP contribution in [0.5, 0.6) is 0 Å². The van der Waals surface area contributed by atoms with E-state index in [2.05, 4.69) is 56.3 Å². The van der Waals surface area contributed by atoms with Crippen molar-refractivity contribution in [1.82, 2.24) is 15.3 Å². The first kappa shape index (κ1) is 18.7. The van der Waals surface area contributed by atoms with Gasteiger partial charge < -0.3 is 15.1 Å². The number of carbonyl (C=O) groups excluding carboxylic acids is 1. The summed E-state index contributed by atoms with van der Waals surface area (Å²) in [5.41, 5.74) is 3.44. The molecule has 2 aromatic rings. The molecule has 0 radical (unpaired) electrons.